The fourth-order valence-corrected chi connectivity index (χ4v) is 8.20. The van der Waals surface area contributed by atoms with Crippen molar-refractivity contribution in [2.24, 2.45) is 0 Å². The van der Waals surface area contributed by atoms with Gasteiger partial charge in [-0.05, 0) is 36.4 Å². The van der Waals surface area contributed by atoms with Gasteiger partial charge >= 0.3 is 0 Å². The zero-order chi connectivity index (χ0) is 31.5. The van der Waals surface area contributed by atoms with Gasteiger partial charge in [-0.2, -0.15) is 9.97 Å². The number of rotatable bonds is 4. The van der Waals surface area contributed by atoms with Gasteiger partial charge in [0.1, 0.15) is 0 Å². The first-order valence-electron chi connectivity index (χ1n) is 15.2. The summed E-state index contributed by atoms with van der Waals surface area (Å²) in [6.45, 7) is 0. The Morgan fingerprint density at radius 3 is 1.74 bits per heavy atom. The molecule has 6 aromatic carbocycles. The number of hydrogen-bond donors (Lipinski definition) is 0. The highest BCUT2D eigenvalue weighted by Crippen LogP contribution is 2.49. The SMILES string of the molecule is O=S1(=O)c2ccccc2-c2cc3c4ccccc4n(-c4nc(-c5ccccc5)nc(-c5ccccc5)n4)c3cc2N1c1ccccc1. The zero-order valence-electron chi connectivity index (χ0n) is 24.9. The molecule has 0 amide bonds. The predicted molar refractivity (Wildman–Crippen MR) is 186 cm³/mol. The van der Waals surface area contributed by atoms with Crippen LogP contribution < -0.4 is 4.31 Å². The van der Waals surface area contributed by atoms with Crippen LogP contribution >= 0.6 is 0 Å². The van der Waals surface area contributed by atoms with Crippen LogP contribution in [-0.2, 0) is 10.0 Å². The third-order valence-corrected chi connectivity index (χ3v) is 10.4. The lowest BCUT2D eigenvalue weighted by Gasteiger charge is -2.32. The smallest absolute Gasteiger partial charge is 0.269 e. The summed E-state index contributed by atoms with van der Waals surface area (Å²) in [4.78, 5) is 15.2. The fraction of sp³-hybridized carbons (Fsp3) is 0. The lowest BCUT2D eigenvalue weighted by molar-refractivity contribution is 0.596. The van der Waals surface area contributed by atoms with Crippen molar-refractivity contribution in [3.8, 4) is 39.9 Å². The normalized spacial score (nSPS) is 13.4. The number of sulfonamides is 1. The quantitative estimate of drug-likeness (QED) is 0.195. The molecule has 2 aromatic heterocycles. The number of nitrogens with zero attached hydrogens (tertiary/aromatic N) is 5. The Kier molecular flexibility index (Phi) is 6.06. The van der Waals surface area contributed by atoms with Crippen LogP contribution in [0.2, 0.25) is 0 Å². The second-order valence-corrected chi connectivity index (χ2v) is 13.1. The predicted octanol–water partition coefficient (Wildman–Crippen LogP) is 8.81. The van der Waals surface area contributed by atoms with E-state index in [1.54, 1.807) is 12.1 Å². The Balaban J connectivity index is 1.39. The fourth-order valence-electron chi connectivity index (χ4n) is 6.48. The molecule has 0 unspecified atom stereocenters. The molecule has 0 N–H and O–H groups in total. The van der Waals surface area contributed by atoms with Crippen LogP contribution in [0.3, 0.4) is 0 Å². The zero-order valence-corrected chi connectivity index (χ0v) is 25.7. The summed E-state index contributed by atoms with van der Waals surface area (Å²) in [6.07, 6.45) is 0. The minimum absolute atomic E-state index is 0.275. The van der Waals surface area contributed by atoms with Crippen molar-refractivity contribution in [1.29, 1.82) is 0 Å². The van der Waals surface area contributed by atoms with E-state index in [9.17, 15) is 8.42 Å². The van der Waals surface area contributed by atoms with Gasteiger partial charge in [-0.1, -0.05) is 115 Å². The summed E-state index contributed by atoms with van der Waals surface area (Å²) in [5, 5.41) is 1.97. The van der Waals surface area contributed by atoms with E-state index < -0.39 is 10.0 Å². The van der Waals surface area contributed by atoms with E-state index in [4.69, 9.17) is 15.0 Å². The number of benzene rings is 6. The number of aromatic nitrogens is 4. The largest absolute Gasteiger partial charge is 0.278 e. The average molecular weight is 628 g/mol. The van der Waals surface area contributed by atoms with Gasteiger partial charge in [0, 0.05) is 33.0 Å². The van der Waals surface area contributed by atoms with Gasteiger partial charge in [0.15, 0.2) is 11.6 Å². The van der Waals surface area contributed by atoms with E-state index >= 15 is 0 Å². The molecule has 47 heavy (non-hydrogen) atoms. The lowest BCUT2D eigenvalue weighted by atomic mass is 9.99. The van der Waals surface area contributed by atoms with Crippen LogP contribution in [0.4, 0.5) is 11.4 Å². The number of anilines is 2. The van der Waals surface area contributed by atoms with E-state index in [0.29, 0.717) is 34.5 Å². The monoisotopic (exact) mass is 627 g/mol. The van der Waals surface area contributed by atoms with Crippen LogP contribution in [0.1, 0.15) is 0 Å². The van der Waals surface area contributed by atoms with Gasteiger partial charge in [-0.25, -0.2) is 17.7 Å². The second kappa shape index (κ2) is 10.5. The van der Waals surface area contributed by atoms with Gasteiger partial charge < -0.3 is 0 Å². The van der Waals surface area contributed by atoms with Crippen molar-refractivity contribution in [1.82, 2.24) is 19.5 Å². The van der Waals surface area contributed by atoms with E-state index in [2.05, 4.69) is 12.1 Å². The maximum Gasteiger partial charge on any atom is 0.269 e. The number of para-hydroxylation sites is 2. The molecule has 7 nitrogen and oxygen atoms in total. The van der Waals surface area contributed by atoms with Crippen molar-refractivity contribution in [3.05, 3.63) is 152 Å². The highest BCUT2D eigenvalue weighted by atomic mass is 32.2. The first-order chi connectivity index (χ1) is 23.1. The van der Waals surface area contributed by atoms with Crippen LogP contribution in [0.15, 0.2) is 157 Å². The molecule has 8 aromatic rings. The standard InChI is InChI=1S/C39H25N5O2S/c45-47(46)36-23-13-11-21-30(36)32-24-31-29-20-10-12-22-33(29)43(34(31)25-35(32)44(47)28-18-8-3-9-19-28)39-41-37(26-14-4-1-5-15-26)40-38(42-39)27-16-6-2-7-17-27/h1-25H. The Bertz CT molecular complexity index is 2530. The van der Waals surface area contributed by atoms with Crippen LogP contribution in [-0.4, -0.2) is 27.9 Å². The second-order valence-electron chi connectivity index (χ2n) is 11.4. The highest BCUT2D eigenvalue weighted by Gasteiger charge is 2.37. The lowest BCUT2D eigenvalue weighted by Crippen LogP contribution is -2.30. The average Bonchev–Trinajstić information content (AvgIpc) is 3.45. The van der Waals surface area contributed by atoms with Crippen molar-refractivity contribution in [3.63, 3.8) is 0 Å². The third kappa shape index (κ3) is 4.26. The van der Waals surface area contributed by atoms with Gasteiger partial charge in [0.2, 0.25) is 5.95 Å². The van der Waals surface area contributed by atoms with Crippen LogP contribution in [0.5, 0.6) is 0 Å². The van der Waals surface area contributed by atoms with Gasteiger partial charge in [0.25, 0.3) is 10.0 Å². The maximum atomic E-state index is 14.3. The van der Waals surface area contributed by atoms with E-state index in [-0.39, 0.29) is 4.90 Å². The number of hydrogen-bond acceptors (Lipinski definition) is 5. The molecule has 0 atom stereocenters. The molecule has 9 rings (SSSR count). The molecular weight excluding hydrogens is 603 g/mol. The van der Waals surface area contributed by atoms with E-state index in [1.807, 2.05) is 132 Å². The minimum Gasteiger partial charge on any atom is -0.278 e. The van der Waals surface area contributed by atoms with E-state index in [1.165, 1.54) is 4.31 Å². The molecule has 0 radical (unpaired) electrons. The van der Waals surface area contributed by atoms with Gasteiger partial charge in [-0.3, -0.25) is 4.57 Å². The minimum atomic E-state index is -3.93. The molecule has 0 fully saturated rings. The highest BCUT2D eigenvalue weighted by molar-refractivity contribution is 7.93. The van der Waals surface area contributed by atoms with Crippen LogP contribution in [0.25, 0.3) is 61.7 Å². The summed E-state index contributed by atoms with van der Waals surface area (Å²) in [7, 11) is -3.93. The molecule has 8 heteroatoms. The first kappa shape index (κ1) is 27.2. The Morgan fingerprint density at radius 2 is 1.06 bits per heavy atom. The van der Waals surface area contributed by atoms with Crippen LogP contribution in [0, 0.1) is 0 Å². The van der Waals surface area contributed by atoms with Crippen molar-refractivity contribution >= 4 is 43.2 Å². The summed E-state index contributed by atoms with van der Waals surface area (Å²) in [5.74, 6) is 1.52. The topological polar surface area (TPSA) is 81.0 Å². The third-order valence-electron chi connectivity index (χ3n) is 8.58. The summed E-state index contributed by atoms with van der Waals surface area (Å²) < 4.78 is 32.1. The first-order valence-corrected chi connectivity index (χ1v) is 16.7. The molecule has 224 valence electrons. The van der Waals surface area contributed by atoms with Crippen molar-refractivity contribution in [2.75, 3.05) is 4.31 Å². The Labute approximate surface area is 271 Å². The number of fused-ring (bicyclic) bond motifs is 6. The summed E-state index contributed by atoms with van der Waals surface area (Å²) >= 11 is 0. The molecule has 0 saturated carbocycles. The molecular formula is C39H25N5O2S. The Morgan fingerprint density at radius 1 is 0.489 bits per heavy atom. The Hall–Kier alpha value is -6.12. The molecule has 1 aliphatic rings. The van der Waals surface area contributed by atoms with Gasteiger partial charge in [-0.15, -0.1) is 0 Å². The summed E-state index contributed by atoms with van der Waals surface area (Å²) in [6, 6.07) is 48.3. The van der Waals surface area contributed by atoms with Crippen molar-refractivity contribution in [2.45, 2.75) is 4.90 Å². The molecule has 0 saturated heterocycles. The molecule has 0 spiro atoms. The molecule has 0 aliphatic carbocycles. The van der Waals surface area contributed by atoms with Crippen molar-refractivity contribution < 1.29 is 8.42 Å². The maximum absolute atomic E-state index is 14.3. The van der Waals surface area contributed by atoms with Gasteiger partial charge in [0.05, 0.1) is 27.3 Å². The molecule has 1 aliphatic heterocycles. The molecule has 3 heterocycles. The van der Waals surface area contributed by atoms with E-state index in [0.717, 1.165) is 38.5 Å². The molecule has 0 bridgehead atoms. The summed E-state index contributed by atoms with van der Waals surface area (Å²) in [5.41, 5.74) is 6.04.